The van der Waals surface area contributed by atoms with Gasteiger partial charge in [0.1, 0.15) is 5.75 Å². The molecule has 0 saturated heterocycles. The number of phenols is 2. The lowest BCUT2D eigenvalue weighted by atomic mass is 9.40. The first-order chi connectivity index (χ1) is 40.8. The molecule has 10 heteroatoms. The van der Waals surface area contributed by atoms with Crippen LogP contribution in [-0.4, -0.2) is 70.7 Å². The number of nitrogens with two attached hydrogens (primary N) is 1. The standard InChI is InChI=1S/C74H89N3O7/c1-44-39-72-28-21-45-30-47-41-70(43-79)23-9-6-20-59(70)58(42-78)64(47)60(81)37-56(45)57-38-62(84-54-17-4-5-18-54)68(82)66-55(57)19-13-16-52(31-46-32-63(72)73(40-44)29-22-61(83-2)65(46)67(66)73)76-69(75)77-74(26-7-3-8-27-74)49-15-12-14-48(33-49)71(24-10-11-25-71)50-34-51(72)36-53(80)35-50/h9,12,14-15,21,23,28,32-36,38,44-47,52,54,56,59,61,65,67,78-80,82H,3-8,10-11,16-18,20,22,24-27,29-31,37,39-43H2,1-2H3,(H3,75,76,77)/b28-21+/t44-,45+,46-,47+,52+,56+,59+,61+,65+,67-,70-,72+,73-/m0/s1. The average Bonchev–Trinajstić information content (AvgIpc) is 0.958. The average molecular weight is 1130 g/mol. The summed E-state index contributed by atoms with van der Waals surface area (Å²) >= 11 is 0. The van der Waals surface area contributed by atoms with Crippen molar-refractivity contribution in [2.45, 2.75) is 207 Å². The number of aliphatic hydroxyl groups is 2. The molecule has 6 fully saturated rings. The number of aliphatic hydroxyl groups excluding tert-OH is 2. The van der Waals surface area contributed by atoms with Gasteiger partial charge in [-0.1, -0.05) is 117 Å². The van der Waals surface area contributed by atoms with Crippen molar-refractivity contribution >= 4 is 11.7 Å². The van der Waals surface area contributed by atoms with E-state index < -0.39 is 21.8 Å². The number of nitrogens with zero attached hydrogens (tertiary/aromatic N) is 1. The van der Waals surface area contributed by atoms with Gasteiger partial charge in [0.2, 0.25) is 0 Å². The third-order valence-corrected chi connectivity index (χ3v) is 24.8. The molecule has 0 unspecified atom stereocenters. The minimum Gasteiger partial charge on any atom is -0.508 e. The molecule has 0 radical (unpaired) electrons. The van der Waals surface area contributed by atoms with E-state index in [0.717, 1.165) is 149 Å². The van der Waals surface area contributed by atoms with Crippen molar-refractivity contribution in [2.24, 2.45) is 57.1 Å². The van der Waals surface area contributed by atoms with Crippen LogP contribution in [0.3, 0.4) is 0 Å². The van der Waals surface area contributed by atoms with Gasteiger partial charge >= 0.3 is 0 Å². The number of fused-ring (bicyclic) bond motifs is 12. The summed E-state index contributed by atoms with van der Waals surface area (Å²) in [5.41, 5.74) is 15.2. The molecule has 0 amide bonds. The highest BCUT2D eigenvalue weighted by molar-refractivity contribution is 5.98. The van der Waals surface area contributed by atoms with Gasteiger partial charge in [-0.3, -0.25) is 4.79 Å². The largest absolute Gasteiger partial charge is 0.508 e. The molecule has 0 aromatic heterocycles. The molecule has 1 heterocycles. The van der Waals surface area contributed by atoms with Gasteiger partial charge in [0, 0.05) is 64.2 Å². The lowest BCUT2D eigenvalue weighted by molar-refractivity contribution is -0.116. The SMILES string of the molecule is CO[C@@H]1CC[C@]23C[C@@H](C)C[C@@]45/C=C/[C@@H]6C[C@@H]7C[C@]8(CO)C=CCC[C@@H]8C(CO)=C7C(=O)C[C@H]6c6cc(OC7CCCC7)c(O)c7c6C#CC[C@H](C[C@@H](C=C24)[C@H]1[C@@H]73)N=C(N)NC1(CCCCC1)c1cccc(c1)C1(CCCC1)c1cc(O)cc5c1. The van der Waals surface area contributed by atoms with Crippen molar-refractivity contribution < 1.29 is 34.7 Å². The van der Waals surface area contributed by atoms with Gasteiger partial charge in [0.05, 0.1) is 37.0 Å². The number of hydrogen-bond acceptors (Lipinski definition) is 10. The maximum absolute atomic E-state index is 16.0. The maximum Gasteiger partial charge on any atom is 0.189 e. The second-order valence-electron chi connectivity index (χ2n) is 29.1. The van der Waals surface area contributed by atoms with Crippen molar-refractivity contribution in [1.29, 1.82) is 0 Å². The summed E-state index contributed by atoms with van der Waals surface area (Å²) in [4.78, 5) is 21.6. The predicted molar refractivity (Wildman–Crippen MR) is 328 cm³/mol. The lowest BCUT2D eigenvalue weighted by Crippen LogP contribution is -2.58. The number of ketones is 1. The summed E-state index contributed by atoms with van der Waals surface area (Å²) in [6.45, 7) is 2.17. The highest BCUT2D eigenvalue weighted by Gasteiger charge is 2.65. The third-order valence-electron chi connectivity index (χ3n) is 24.8. The lowest BCUT2D eigenvalue weighted by Gasteiger charge is -2.64. The zero-order valence-corrected chi connectivity index (χ0v) is 49.8. The Morgan fingerprint density at radius 2 is 1.62 bits per heavy atom. The first kappa shape index (κ1) is 55.0. The van der Waals surface area contributed by atoms with E-state index in [1.54, 1.807) is 0 Å². The number of guanidine groups is 1. The van der Waals surface area contributed by atoms with Crippen LogP contribution in [0.25, 0.3) is 0 Å². The minimum absolute atomic E-state index is 0.0475. The number of ether oxygens (including phenoxy) is 2. The summed E-state index contributed by atoms with van der Waals surface area (Å²) < 4.78 is 14.0. The second kappa shape index (κ2) is 20.8. The molecule has 7 N–H and O–H groups in total. The monoisotopic (exact) mass is 1130 g/mol. The molecule has 1 aliphatic heterocycles. The Labute approximate surface area is 498 Å². The first-order valence-corrected chi connectivity index (χ1v) is 33.1. The van der Waals surface area contributed by atoms with Crippen molar-refractivity contribution in [2.75, 3.05) is 20.3 Å². The summed E-state index contributed by atoms with van der Waals surface area (Å²) in [7, 11) is 1.88. The quantitative estimate of drug-likeness (QED) is 0.108. The van der Waals surface area contributed by atoms with Crippen LogP contribution in [0.1, 0.15) is 212 Å². The summed E-state index contributed by atoms with van der Waals surface area (Å²) in [5.74, 6) is 8.02. The van der Waals surface area contributed by atoms with Gasteiger partial charge in [-0.15, -0.1) is 0 Å². The molecule has 3 spiro atoms. The van der Waals surface area contributed by atoms with E-state index >= 15 is 4.79 Å². The van der Waals surface area contributed by atoms with Crippen LogP contribution in [0.15, 0.2) is 101 Å². The van der Waals surface area contributed by atoms with Crippen molar-refractivity contribution in [1.82, 2.24) is 5.32 Å². The zero-order chi connectivity index (χ0) is 57.3. The Balaban J connectivity index is 1.06. The number of aliphatic imine (C=N–C) groups is 1. The van der Waals surface area contributed by atoms with E-state index in [1.165, 1.54) is 28.7 Å². The Morgan fingerprint density at radius 3 is 2.42 bits per heavy atom. The van der Waals surface area contributed by atoms with E-state index in [2.05, 4.69) is 103 Å². The molecule has 3 aromatic rings. The zero-order valence-electron chi connectivity index (χ0n) is 49.8. The van der Waals surface area contributed by atoms with Crippen LogP contribution < -0.4 is 15.8 Å². The summed E-state index contributed by atoms with van der Waals surface area (Å²) in [6, 6.07) is 18.0. The Morgan fingerprint density at radius 1 is 0.833 bits per heavy atom. The van der Waals surface area contributed by atoms with Crippen molar-refractivity contribution in [3.05, 3.63) is 135 Å². The molecule has 15 rings (SSSR count). The Bertz CT molecular complexity index is 3380. The molecule has 11 aliphatic carbocycles. The third kappa shape index (κ3) is 8.40. The first-order valence-electron chi connectivity index (χ1n) is 33.1. The van der Waals surface area contributed by atoms with Crippen molar-refractivity contribution in [3.8, 4) is 29.1 Å². The fourth-order valence-electron chi connectivity index (χ4n) is 21.5. The number of aromatic hydroxyl groups is 2. The Hall–Kier alpha value is -5.60. The van der Waals surface area contributed by atoms with Crippen LogP contribution in [0.5, 0.6) is 17.2 Å². The second-order valence-corrected chi connectivity index (χ2v) is 29.1. The van der Waals surface area contributed by atoms with Gasteiger partial charge in [-0.2, -0.15) is 0 Å². The number of hydrogen-bond donors (Lipinski definition) is 6. The van der Waals surface area contributed by atoms with E-state index in [4.69, 9.17) is 20.2 Å². The molecule has 6 saturated carbocycles. The molecule has 12 aliphatic rings. The molecule has 3 aromatic carbocycles. The molecule has 10 nitrogen and oxygen atoms in total. The highest BCUT2D eigenvalue weighted by Crippen LogP contribution is 2.73. The molecular weight excluding hydrogens is 1040 g/mol. The number of rotatable bonds is 5. The summed E-state index contributed by atoms with van der Waals surface area (Å²) in [6.07, 6.45) is 32.9. The van der Waals surface area contributed by atoms with Gasteiger partial charge in [-0.05, 0) is 202 Å². The van der Waals surface area contributed by atoms with E-state index in [0.29, 0.717) is 37.4 Å². The number of nitrogens with one attached hydrogen (secondary N) is 1. The summed E-state index contributed by atoms with van der Waals surface area (Å²) in [5, 5.41) is 53.6. The van der Waals surface area contributed by atoms with Crippen LogP contribution in [-0.2, 0) is 25.9 Å². The van der Waals surface area contributed by atoms with Gasteiger partial charge in [0.15, 0.2) is 23.2 Å². The molecule has 13 atom stereocenters. The van der Waals surface area contributed by atoms with E-state index in [9.17, 15) is 20.4 Å². The molecule has 442 valence electrons. The number of methoxy groups -OCH3 is 1. The van der Waals surface area contributed by atoms with Gasteiger partial charge in [-0.25, -0.2) is 4.99 Å². The van der Waals surface area contributed by atoms with Gasteiger partial charge in [0.25, 0.3) is 0 Å². The van der Waals surface area contributed by atoms with Crippen LogP contribution in [0.2, 0.25) is 0 Å². The molecular formula is C74H89N3O7. The van der Waals surface area contributed by atoms with Crippen LogP contribution >= 0.6 is 0 Å². The van der Waals surface area contributed by atoms with E-state index in [-0.39, 0.29) is 108 Å². The fourth-order valence-corrected chi connectivity index (χ4v) is 21.5. The normalized spacial score (nSPS) is 37.2. The fraction of sp³-hybridized carbons (Fsp3) is 0.595. The maximum atomic E-state index is 16.0. The molecule has 14 bridgehead atoms. The van der Waals surface area contributed by atoms with Crippen molar-refractivity contribution in [3.63, 3.8) is 0 Å². The predicted octanol–water partition coefficient (Wildman–Crippen LogP) is 13.2. The number of carbonyl (C=O) groups excluding carboxylic acids is 1. The van der Waals surface area contributed by atoms with Crippen LogP contribution in [0, 0.1) is 58.2 Å². The molecule has 84 heavy (non-hydrogen) atoms. The number of phenolic OH excluding ortho intramolecular Hbond substituents is 2. The highest BCUT2D eigenvalue weighted by atomic mass is 16.5. The number of benzene rings is 3. The topological polar surface area (TPSA) is 167 Å². The smallest absolute Gasteiger partial charge is 0.189 e. The van der Waals surface area contributed by atoms with Gasteiger partial charge < -0.3 is 41.0 Å². The van der Waals surface area contributed by atoms with Crippen LogP contribution in [0.4, 0.5) is 0 Å². The minimum atomic E-state index is -0.731. The van der Waals surface area contributed by atoms with E-state index in [1.807, 2.05) is 7.11 Å². The number of Topliss-reactive ketones (excluding diaryl/α,β-unsaturated/α-hetero) is 1. The Kier molecular flexibility index (Phi) is 13.6. The number of carbonyl (C=O) groups is 1. The number of allylic oxidation sites excluding steroid dienone is 6.